The topological polar surface area (TPSA) is 72.3 Å². The molecule has 2 aromatic rings. The zero-order valence-electron chi connectivity index (χ0n) is 16.4. The average molecular weight is 379 g/mol. The summed E-state index contributed by atoms with van der Waals surface area (Å²) in [7, 11) is 2.97. The Labute approximate surface area is 165 Å². The number of benzene rings is 2. The maximum absolute atomic E-state index is 12.1. The molecule has 0 saturated heterocycles. The van der Waals surface area contributed by atoms with Gasteiger partial charge in [0.2, 0.25) is 0 Å². The molecule has 6 nitrogen and oxygen atoms in total. The molecule has 28 heavy (non-hydrogen) atoms. The van der Waals surface area contributed by atoms with Gasteiger partial charge in [-0.15, -0.1) is 0 Å². The van der Waals surface area contributed by atoms with Crippen LogP contribution in [0.3, 0.4) is 0 Å². The molecule has 1 saturated carbocycles. The van der Waals surface area contributed by atoms with E-state index < -0.39 is 0 Å². The lowest BCUT2D eigenvalue weighted by Gasteiger charge is -2.10. The van der Waals surface area contributed by atoms with E-state index in [-0.39, 0.29) is 18.2 Å². The first kappa shape index (κ1) is 19.6. The highest BCUT2D eigenvalue weighted by atomic mass is 16.6. The SMILES string of the molecule is CNC(=O)/C(=N/OC)c1ccccc1CO/N=C(\C)[C@@H]1C[C@H]1c1ccccc1. The van der Waals surface area contributed by atoms with Gasteiger partial charge in [-0.1, -0.05) is 64.9 Å². The predicted molar refractivity (Wildman–Crippen MR) is 109 cm³/mol. The van der Waals surface area contributed by atoms with Crippen molar-refractivity contribution in [2.75, 3.05) is 14.2 Å². The molecule has 1 aliphatic carbocycles. The van der Waals surface area contributed by atoms with E-state index in [1.807, 2.05) is 37.3 Å². The largest absolute Gasteiger partial charge is 0.398 e. The van der Waals surface area contributed by atoms with Crippen LogP contribution in [0.5, 0.6) is 0 Å². The fraction of sp³-hybridized carbons (Fsp3) is 0.318. The van der Waals surface area contributed by atoms with Crippen molar-refractivity contribution < 1.29 is 14.5 Å². The normalized spacial score (nSPS) is 19.1. The van der Waals surface area contributed by atoms with Crippen molar-refractivity contribution in [2.45, 2.75) is 25.9 Å². The fourth-order valence-corrected chi connectivity index (χ4v) is 3.30. The molecular formula is C22H25N3O3. The van der Waals surface area contributed by atoms with Crippen molar-refractivity contribution in [2.24, 2.45) is 16.2 Å². The molecule has 1 N–H and O–H groups in total. The number of hydrogen-bond acceptors (Lipinski definition) is 5. The van der Waals surface area contributed by atoms with Gasteiger partial charge in [0.15, 0.2) is 5.71 Å². The van der Waals surface area contributed by atoms with Crippen LogP contribution in [0, 0.1) is 5.92 Å². The molecule has 0 aliphatic heterocycles. The van der Waals surface area contributed by atoms with Gasteiger partial charge in [0.25, 0.3) is 5.91 Å². The fourth-order valence-electron chi connectivity index (χ4n) is 3.30. The van der Waals surface area contributed by atoms with E-state index in [1.54, 1.807) is 7.05 Å². The molecule has 1 amide bonds. The number of likely N-dealkylation sites (N-methyl/N-ethyl adjacent to an activating group) is 1. The smallest absolute Gasteiger partial charge is 0.273 e. The summed E-state index contributed by atoms with van der Waals surface area (Å²) in [5, 5.41) is 10.8. The minimum atomic E-state index is -0.322. The Morgan fingerprint density at radius 2 is 1.82 bits per heavy atom. The first-order chi connectivity index (χ1) is 13.7. The number of carbonyl (C=O) groups excluding carboxylic acids is 1. The Balaban J connectivity index is 1.66. The highest BCUT2D eigenvalue weighted by Crippen LogP contribution is 2.48. The third-order valence-electron chi connectivity index (χ3n) is 4.88. The summed E-state index contributed by atoms with van der Waals surface area (Å²) < 4.78 is 0. The average Bonchev–Trinajstić information content (AvgIpc) is 3.54. The van der Waals surface area contributed by atoms with Gasteiger partial charge in [-0.25, -0.2) is 0 Å². The second-order valence-corrected chi connectivity index (χ2v) is 6.72. The summed E-state index contributed by atoms with van der Waals surface area (Å²) in [6.45, 7) is 2.25. The number of amides is 1. The third kappa shape index (κ3) is 4.57. The molecule has 146 valence electrons. The predicted octanol–water partition coefficient (Wildman–Crippen LogP) is 3.48. The van der Waals surface area contributed by atoms with E-state index in [0.29, 0.717) is 17.4 Å². The Kier molecular flexibility index (Phi) is 6.42. The summed E-state index contributed by atoms with van der Waals surface area (Å²) in [5.74, 6) is 0.626. The lowest BCUT2D eigenvalue weighted by Crippen LogP contribution is -2.29. The van der Waals surface area contributed by atoms with Gasteiger partial charge in [0.05, 0.1) is 5.71 Å². The molecular weight excluding hydrogens is 354 g/mol. The van der Waals surface area contributed by atoms with Crippen LogP contribution in [0.4, 0.5) is 0 Å². The van der Waals surface area contributed by atoms with Gasteiger partial charge in [-0.05, 0) is 24.8 Å². The van der Waals surface area contributed by atoms with Crippen LogP contribution in [-0.2, 0) is 21.1 Å². The highest BCUT2D eigenvalue weighted by molar-refractivity contribution is 6.45. The number of nitrogens with zero attached hydrogens (tertiary/aromatic N) is 2. The van der Waals surface area contributed by atoms with E-state index >= 15 is 0 Å². The molecule has 3 rings (SSSR count). The molecule has 0 bridgehead atoms. The van der Waals surface area contributed by atoms with E-state index in [1.165, 1.54) is 12.7 Å². The number of oxime groups is 2. The summed E-state index contributed by atoms with van der Waals surface area (Å²) in [5.41, 5.74) is 4.01. The molecule has 0 heterocycles. The minimum Gasteiger partial charge on any atom is -0.398 e. The van der Waals surface area contributed by atoms with Crippen LogP contribution in [0.25, 0.3) is 0 Å². The molecule has 0 aromatic heterocycles. The lowest BCUT2D eigenvalue weighted by atomic mass is 10.0. The van der Waals surface area contributed by atoms with Crippen LogP contribution in [-0.4, -0.2) is 31.5 Å². The van der Waals surface area contributed by atoms with Crippen molar-refractivity contribution in [3.8, 4) is 0 Å². The Hall–Kier alpha value is -3.15. The Bertz CT molecular complexity index is 878. The first-order valence-corrected chi connectivity index (χ1v) is 9.28. The summed E-state index contributed by atoms with van der Waals surface area (Å²) in [6, 6.07) is 17.9. The number of rotatable bonds is 8. The van der Waals surface area contributed by atoms with Crippen LogP contribution in [0.2, 0.25) is 0 Å². The maximum Gasteiger partial charge on any atom is 0.273 e. The zero-order chi connectivity index (χ0) is 19.9. The monoisotopic (exact) mass is 379 g/mol. The lowest BCUT2D eigenvalue weighted by molar-refractivity contribution is -0.114. The zero-order valence-corrected chi connectivity index (χ0v) is 16.4. The van der Waals surface area contributed by atoms with E-state index in [4.69, 9.17) is 9.68 Å². The molecule has 1 aliphatic rings. The first-order valence-electron chi connectivity index (χ1n) is 9.28. The third-order valence-corrected chi connectivity index (χ3v) is 4.88. The number of carbonyl (C=O) groups is 1. The second kappa shape index (κ2) is 9.17. The molecule has 2 aromatic carbocycles. The quantitative estimate of drug-likeness (QED) is 0.564. The minimum absolute atomic E-state index is 0.205. The standard InChI is InChI=1S/C22H25N3O3/c1-15(19-13-20(19)16-9-5-4-6-10-16)24-28-14-17-11-7-8-12-18(17)21(25-27-3)22(26)23-2/h4-12,19-20H,13-14H2,1-3H3,(H,23,26)/b24-15+,25-21+/t19-,20-/m0/s1. The van der Waals surface area contributed by atoms with Gasteiger partial charge < -0.3 is 15.0 Å². The molecule has 0 radical (unpaired) electrons. The highest BCUT2D eigenvalue weighted by Gasteiger charge is 2.40. The summed E-state index contributed by atoms with van der Waals surface area (Å²) in [6.07, 6.45) is 1.10. The van der Waals surface area contributed by atoms with Crippen molar-refractivity contribution in [1.29, 1.82) is 0 Å². The van der Waals surface area contributed by atoms with Crippen LogP contribution in [0.15, 0.2) is 64.9 Å². The van der Waals surface area contributed by atoms with Gasteiger partial charge in [0, 0.05) is 24.1 Å². The molecule has 6 heteroatoms. The van der Waals surface area contributed by atoms with Gasteiger partial charge in [-0.2, -0.15) is 0 Å². The van der Waals surface area contributed by atoms with Crippen LogP contribution >= 0.6 is 0 Å². The molecule has 0 unspecified atom stereocenters. The molecule has 0 spiro atoms. The maximum atomic E-state index is 12.1. The molecule has 2 atom stereocenters. The number of nitrogens with one attached hydrogen (secondary N) is 1. The van der Waals surface area contributed by atoms with Gasteiger partial charge >= 0.3 is 0 Å². The van der Waals surface area contributed by atoms with Crippen molar-refractivity contribution in [1.82, 2.24) is 5.32 Å². The van der Waals surface area contributed by atoms with Gasteiger partial charge in [0.1, 0.15) is 13.7 Å². The van der Waals surface area contributed by atoms with Crippen molar-refractivity contribution in [3.63, 3.8) is 0 Å². The van der Waals surface area contributed by atoms with Crippen LogP contribution in [0.1, 0.15) is 36.0 Å². The summed E-state index contributed by atoms with van der Waals surface area (Å²) >= 11 is 0. The van der Waals surface area contributed by atoms with Crippen LogP contribution < -0.4 is 5.32 Å². The van der Waals surface area contributed by atoms with E-state index in [9.17, 15) is 4.79 Å². The Morgan fingerprint density at radius 3 is 2.54 bits per heavy atom. The molecule has 1 fully saturated rings. The Morgan fingerprint density at radius 1 is 1.11 bits per heavy atom. The number of hydrogen-bond donors (Lipinski definition) is 1. The van der Waals surface area contributed by atoms with E-state index in [0.717, 1.165) is 17.7 Å². The van der Waals surface area contributed by atoms with E-state index in [2.05, 4.69) is 39.9 Å². The summed E-state index contributed by atoms with van der Waals surface area (Å²) in [4.78, 5) is 22.6. The van der Waals surface area contributed by atoms with Crippen molar-refractivity contribution >= 4 is 17.3 Å². The second-order valence-electron chi connectivity index (χ2n) is 6.72. The van der Waals surface area contributed by atoms with Gasteiger partial charge in [-0.3, -0.25) is 4.79 Å². The van der Waals surface area contributed by atoms with Crippen molar-refractivity contribution in [3.05, 3.63) is 71.3 Å².